The number of benzene rings is 1. The Labute approximate surface area is 91.2 Å². The minimum atomic E-state index is -0.622. The van der Waals surface area contributed by atoms with Crippen molar-refractivity contribution in [3.05, 3.63) is 47.7 Å². The molecular formula is C11H10FN3O. The van der Waals surface area contributed by atoms with E-state index in [1.807, 2.05) is 0 Å². The first-order chi connectivity index (χ1) is 7.59. The van der Waals surface area contributed by atoms with Gasteiger partial charge in [0.05, 0.1) is 23.9 Å². The number of rotatable bonds is 2. The number of furan rings is 1. The average molecular weight is 219 g/mol. The van der Waals surface area contributed by atoms with Gasteiger partial charge in [-0.15, -0.1) is 0 Å². The lowest BCUT2D eigenvalue weighted by Crippen LogP contribution is -2.07. The van der Waals surface area contributed by atoms with Gasteiger partial charge in [0, 0.05) is 16.8 Å². The molecule has 0 radical (unpaired) electrons. The fraction of sp³-hybridized carbons (Fsp3) is 0. The predicted octanol–water partition coefficient (Wildman–Crippen LogP) is 2.00. The quantitative estimate of drug-likeness (QED) is 0.533. The number of anilines is 2. The van der Waals surface area contributed by atoms with E-state index in [1.54, 1.807) is 6.07 Å². The summed E-state index contributed by atoms with van der Waals surface area (Å²) in [7, 11) is 0. The molecule has 0 saturated carbocycles. The number of hydrogen-bond donors (Lipinski definition) is 3. The second-order valence-electron chi connectivity index (χ2n) is 3.35. The van der Waals surface area contributed by atoms with E-state index < -0.39 is 5.82 Å². The molecule has 0 aliphatic rings. The van der Waals surface area contributed by atoms with Crippen LogP contribution < -0.4 is 11.5 Å². The molecule has 0 saturated heterocycles. The van der Waals surface area contributed by atoms with E-state index in [0.717, 1.165) is 6.07 Å². The summed E-state index contributed by atoms with van der Waals surface area (Å²) in [4.78, 5) is 0. The molecule has 2 rings (SSSR count). The lowest BCUT2D eigenvalue weighted by molar-refractivity contribution is 0.567. The van der Waals surface area contributed by atoms with Crippen LogP contribution in [0.4, 0.5) is 15.8 Å². The van der Waals surface area contributed by atoms with E-state index in [1.165, 1.54) is 18.6 Å². The molecule has 0 bridgehead atoms. The fourth-order valence-electron chi connectivity index (χ4n) is 1.41. The number of nitrogens with two attached hydrogens (primary N) is 2. The highest BCUT2D eigenvalue weighted by Crippen LogP contribution is 2.23. The van der Waals surface area contributed by atoms with Crippen molar-refractivity contribution in [2.24, 2.45) is 0 Å². The molecule has 0 atom stereocenters. The van der Waals surface area contributed by atoms with Gasteiger partial charge in [0.15, 0.2) is 0 Å². The molecule has 4 nitrogen and oxygen atoms in total. The first-order valence-corrected chi connectivity index (χ1v) is 4.55. The molecule has 5 heteroatoms. The third-order valence-corrected chi connectivity index (χ3v) is 2.23. The highest BCUT2D eigenvalue weighted by atomic mass is 19.1. The zero-order valence-corrected chi connectivity index (χ0v) is 8.33. The molecule has 16 heavy (non-hydrogen) atoms. The van der Waals surface area contributed by atoms with Crippen LogP contribution in [0.3, 0.4) is 0 Å². The molecule has 5 N–H and O–H groups in total. The minimum absolute atomic E-state index is 0.0810. The summed E-state index contributed by atoms with van der Waals surface area (Å²) in [5, 5.41) is 7.86. The molecule has 0 spiro atoms. The van der Waals surface area contributed by atoms with Crippen LogP contribution in [0.1, 0.15) is 11.1 Å². The average Bonchev–Trinajstić information content (AvgIpc) is 2.75. The molecule has 2 aromatic rings. The smallest absolute Gasteiger partial charge is 0.148 e. The molecule has 0 aliphatic carbocycles. The largest absolute Gasteiger partial charge is 0.472 e. The number of halogens is 1. The third-order valence-electron chi connectivity index (χ3n) is 2.23. The van der Waals surface area contributed by atoms with Crippen LogP contribution in [-0.4, -0.2) is 5.71 Å². The van der Waals surface area contributed by atoms with Crippen LogP contribution in [0.2, 0.25) is 0 Å². The lowest BCUT2D eigenvalue weighted by Gasteiger charge is -2.08. The monoisotopic (exact) mass is 219 g/mol. The van der Waals surface area contributed by atoms with Crippen LogP contribution in [0, 0.1) is 11.2 Å². The van der Waals surface area contributed by atoms with Gasteiger partial charge in [0.25, 0.3) is 0 Å². The Morgan fingerprint density at radius 1 is 1.31 bits per heavy atom. The van der Waals surface area contributed by atoms with Crippen LogP contribution in [0.5, 0.6) is 0 Å². The lowest BCUT2D eigenvalue weighted by atomic mass is 10.0. The van der Waals surface area contributed by atoms with Crippen molar-refractivity contribution in [2.45, 2.75) is 0 Å². The summed E-state index contributed by atoms with van der Waals surface area (Å²) in [5.41, 5.74) is 12.1. The van der Waals surface area contributed by atoms with Gasteiger partial charge in [-0.05, 0) is 18.2 Å². The molecule has 1 aromatic carbocycles. The minimum Gasteiger partial charge on any atom is -0.472 e. The topological polar surface area (TPSA) is 89.0 Å². The SMILES string of the molecule is N=C(c1ccoc1)c1cc(N)cc(F)c1N. The van der Waals surface area contributed by atoms with Gasteiger partial charge >= 0.3 is 0 Å². The summed E-state index contributed by atoms with van der Waals surface area (Å²) in [5.74, 6) is -0.622. The Morgan fingerprint density at radius 3 is 2.69 bits per heavy atom. The molecule has 1 heterocycles. The highest BCUT2D eigenvalue weighted by molar-refractivity contribution is 6.14. The number of hydrogen-bond acceptors (Lipinski definition) is 4. The Morgan fingerprint density at radius 2 is 2.06 bits per heavy atom. The van der Waals surface area contributed by atoms with E-state index in [9.17, 15) is 4.39 Å². The van der Waals surface area contributed by atoms with Crippen molar-refractivity contribution in [1.82, 2.24) is 0 Å². The fourth-order valence-corrected chi connectivity index (χ4v) is 1.41. The standard InChI is InChI=1S/C11H10FN3O/c12-9-4-7(13)3-8(11(9)15)10(14)6-1-2-16-5-6/h1-5,14H,13,15H2. The maximum Gasteiger partial charge on any atom is 0.148 e. The Kier molecular flexibility index (Phi) is 2.36. The maximum atomic E-state index is 13.3. The molecule has 1 aromatic heterocycles. The van der Waals surface area contributed by atoms with Gasteiger partial charge in [0.2, 0.25) is 0 Å². The maximum absolute atomic E-state index is 13.3. The first kappa shape index (κ1) is 10.2. The molecule has 0 unspecified atom stereocenters. The van der Waals surface area contributed by atoms with Crippen molar-refractivity contribution < 1.29 is 8.81 Å². The van der Waals surface area contributed by atoms with Gasteiger partial charge in [0.1, 0.15) is 5.82 Å². The zero-order valence-electron chi connectivity index (χ0n) is 8.33. The van der Waals surface area contributed by atoms with Crippen molar-refractivity contribution in [3.8, 4) is 0 Å². The number of nitrogens with one attached hydrogen (secondary N) is 1. The number of nitrogen functional groups attached to an aromatic ring is 2. The summed E-state index contributed by atoms with van der Waals surface area (Å²) in [6.07, 6.45) is 2.82. The first-order valence-electron chi connectivity index (χ1n) is 4.55. The summed E-state index contributed by atoms with van der Waals surface area (Å²) in [6, 6.07) is 4.19. The van der Waals surface area contributed by atoms with Gasteiger partial charge in [-0.25, -0.2) is 4.39 Å². The Balaban J connectivity index is 2.52. The Hall–Kier alpha value is -2.30. The normalized spacial score (nSPS) is 10.3. The molecular weight excluding hydrogens is 209 g/mol. The van der Waals surface area contributed by atoms with Crippen LogP contribution in [0.15, 0.2) is 35.1 Å². The summed E-state index contributed by atoms with van der Waals surface area (Å²) >= 11 is 0. The van der Waals surface area contributed by atoms with Crippen molar-refractivity contribution in [2.75, 3.05) is 11.5 Å². The van der Waals surface area contributed by atoms with Gasteiger partial charge in [-0.3, -0.25) is 5.41 Å². The van der Waals surface area contributed by atoms with Crippen LogP contribution >= 0.6 is 0 Å². The molecule has 82 valence electrons. The van der Waals surface area contributed by atoms with Crippen LogP contribution in [0.25, 0.3) is 0 Å². The summed E-state index contributed by atoms with van der Waals surface area (Å²) < 4.78 is 18.2. The third kappa shape index (κ3) is 1.63. The van der Waals surface area contributed by atoms with E-state index >= 15 is 0 Å². The van der Waals surface area contributed by atoms with E-state index in [0.29, 0.717) is 5.56 Å². The second kappa shape index (κ2) is 3.69. The van der Waals surface area contributed by atoms with Crippen molar-refractivity contribution in [1.29, 1.82) is 5.41 Å². The zero-order chi connectivity index (χ0) is 11.7. The van der Waals surface area contributed by atoms with Gasteiger partial charge < -0.3 is 15.9 Å². The summed E-state index contributed by atoms with van der Waals surface area (Å²) in [6.45, 7) is 0. The van der Waals surface area contributed by atoms with E-state index in [-0.39, 0.29) is 22.6 Å². The molecule has 0 aliphatic heterocycles. The van der Waals surface area contributed by atoms with E-state index in [4.69, 9.17) is 21.3 Å². The Bertz CT molecular complexity index is 534. The molecule has 0 amide bonds. The van der Waals surface area contributed by atoms with Gasteiger partial charge in [-0.1, -0.05) is 0 Å². The highest BCUT2D eigenvalue weighted by Gasteiger charge is 2.13. The van der Waals surface area contributed by atoms with Gasteiger partial charge in [-0.2, -0.15) is 0 Å². The predicted molar refractivity (Wildman–Crippen MR) is 59.9 cm³/mol. The van der Waals surface area contributed by atoms with E-state index in [2.05, 4.69) is 0 Å². The second-order valence-corrected chi connectivity index (χ2v) is 3.35. The van der Waals surface area contributed by atoms with Crippen molar-refractivity contribution in [3.63, 3.8) is 0 Å². The molecule has 0 fully saturated rings. The van der Waals surface area contributed by atoms with Crippen LogP contribution in [-0.2, 0) is 0 Å². The van der Waals surface area contributed by atoms with Crippen molar-refractivity contribution >= 4 is 17.1 Å².